The van der Waals surface area contributed by atoms with Gasteiger partial charge >= 0.3 is 0 Å². The van der Waals surface area contributed by atoms with E-state index < -0.39 is 29.6 Å². The van der Waals surface area contributed by atoms with Crippen molar-refractivity contribution < 1.29 is 23.9 Å². The second-order valence-corrected chi connectivity index (χ2v) is 6.10. The zero-order valence-corrected chi connectivity index (χ0v) is 13.0. The second kappa shape index (κ2) is 5.45. The van der Waals surface area contributed by atoms with Crippen LogP contribution in [0.3, 0.4) is 0 Å². The summed E-state index contributed by atoms with van der Waals surface area (Å²) in [5, 5.41) is 0.814. The predicted molar refractivity (Wildman–Crippen MR) is 81.5 cm³/mol. The molecular weight excluding hydrogens is 312 g/mol. The fourth-order valence-corrected chi connectivity index (χ4v) is 3.43. The van der Waals surface area contributed by atoms with Crippen molar-refractivity contribution in [3.63, 3.8) is 0 Å². The molecule has 7 heteroatoms. The van der Waals surface area contributed by atoms with Gasteiger partial charge in [-0.05, 0) is 18.6 Å². The Labute approximate surface area is 138 Å². The highest BCUT2D eigenvalue weighted by molar-refractivity contribution is 6.07. The largest absolute Gasteiger partial charge is 0.483 e. The highest BCUT2D eigenvalue weighted by Gasteiger charge is 2.61. The van der Waals surface area contributed by atoms with Gasteiger partial charge in [-0.1, -0.05) is 30.4 Å². The van der Waals surface area contributed by atoms with Gasteiger partial charge in [0, 0.05) is 0 Å². The van der Waals surface area contributed by atoms with Crippen LogP contribution in [-0.4, -0.2) is 41.5 Å². The van der Waals surface area contributed by atoms with Crippen LogP contribution in [0.1, 0.15) is 5.56 Å². The first-order chi connectivity index (χ1) is 11.6. The first-order valence-corrected chi connectivity index (χ1v) is 7.76. The van der Waals surface area contributed by atoms with Crippen LogP contribution in [0.4, 0.5) is 0 Å². The van der Waals surface area contributed by atoms with Gasteiger partial charge in [0.2, 0.25) is 0 Å². The first-order valence-electron chi connectivity index (χ1n) is 7.76. The first kappa shape index (κ1) is 14.9. The van der Waals surface area contributed by atoms with Crippen LogP contribution < -0.4 is 10.2 Å². The molecular formula is C17H16N2O5. The Balaban J connectivity index is 1.39. The monoisotopic (exact) mass is 328 g/mol. The number of aryl methyl sites for hydroxylation is 1. The van der Waals surface area contributed by atoms with Gasteiger partial charge in [-0.15, -0.1) is 0 Å². The van der Waals surface area contributed by atoms with E-state index in [0.717, 1.165) is 10.6 Å². The molecule has 4 rings (SSSR count). The van der Waals surface area contributed by atoms with Crippen LogP contribution in [0.5, 0.6) is 5.75 Å². The molecule has 3 aliphatic rings. The van der Waals surface area contributed by atoms with Gasteiger partial charge in [-0.3, -0.25) is 19.8 Å². The normalized spacial score (nSPS) is 30.0. The lowest BCUT2D eigenvalue weighted by Crippen LogP contribution is -2.49. The Hall–Kier alpha value is -2.67. The Morgan fingerprint density at radius 3 is 2.42 bits per heavy atom. The molecule has 1 aromatic carbocycles. The van der Waals surface area contributed by atoms with E-state index in [9.17, 15) is 14.4 Å². The summed E-state index contributed by atoms with van der Waals surface area (Å²) in [6.07, 6.45) is 2.84. The van der Waals surface area contributed by atoms with E-state index in [2.05, 4.69) is 5.43 Å². The van der Waals surface area contributed by atoms with E-state index in [1.54, 1.807) is 24.3 Å². The fraction of sp³-hybridized carbons (Fsp3) is 0.353. The van der Waals surface area contributed by atoms with Gasteiger partial charge in [-0.25, -0.2) is 0 Å². The maximum absolute atomic E-state index is 12.4. The molecule has 24 heavy (non-hydrogen) atoms. The maximum atomic E-state index is 12.4. The van der Waals surface area contributed by atoms with E-state index >= 15 is 0 Å². The standard InChI is InChI=1S/C17H16N2O5/c1-9-4-2-3-5-10(9)23-8-13(20)18-19-16(21)14-11-6-7-12(24-11)15(14)17(19)22/h2-7,11-12,14-15H,8H2,1H3,(H,18,20)/t11-,12-,14-,15-/m1/s1. The quantitative estimate of drug-likeness (QED) is 0.636. The minimum atomic E-state index is -0.554. The maximum Gasteiger partial charge on any atom is 0.276 e. The Morgan fingerprint density at radius 2 is 1.79 bits per heavy atom. The van der Waals surface area contributed by atoms with Crippen molar-refractivity contribution in [3.05, 3.63) is 42.0 Å². The lowest BCUT2D eigenvalue weighted by molar-refractivity contribution is -0.151. The zero-order valence-electron chi connectivity index (χ0n) is 13.0. The Morgan fingerprint density at radius 1 is 1.17 bits per heavy atom. The number of hydrogen-bond acceptors (Lipinski definition) is 5. The molecule has 4 atom stereocenters. The number of benzene rings is 1. The average Bonchev–Trinajstić information content (AvgIpc) is 3.24. The highest BCUT2D eigenvalue weighted by atomic mass is 16.5. The predicted octanol–water partition coefficient (Wildman–Crippen LogP) is 0.343. The number of fused-ring (bicyclic) bond motifs is 5. The number of imide groups is 1. The summed E-state index contributed by atoms with van der Waals surface area (Å²) in [6, 6.07) is 7.29. The Bertz CT molecular complexity index is 729. The van der Waals surface area contributed by atoms with Crippen molar-refractivity contribution in [2.24, 2.45) is 11.8 Å². The van der Waals surface area contributed by atoms with Gasteiger partial charge in [0.15, 0.2) is 6.61 Å². The third-order valence-electron chi connectivity index (χ3n) is 4.60. The molecule has 0 spiro atoms. The van der Waals surface area contributed by atoms with Gasteiger partial charge in [-0.2, -0.15) is 5.01 Å². The molecule has 1 aromatic rings. The van der Waals surface area contributed by atoms with Crippen molar-refractivity contribution in [3.8, 4) is 5.75 Å². The van der Waals surface area contributed by atoms with Crippen LogP contribution in [0, 0.1) is 18.8 Å². The molecule has 0 saturated carbocycles. The van der Waals surface area contributed by atoms with Crippen molar-refractivity contribution in [1.82, 2.24) is 10.4 Å². The molecule has 124 valence electrons. The summed E-state index contributed by atoms with van der Waals surface area (Å²) in [7, 11) is 0. The molecule has 0 radical (unpaired) electrons. The number of amides is 3. The molecule has 3 aliphatic heterocycles. The summed E-state index contributed by atoms with van der Waals surface area (Å²) in [5.41, 5.74) is 3.25. The van der Waals surface area contributed by atoms with Crippen LogP contribution in [0.15, 0.2) is 36.4 Å². The van der Waals surface area contributed by atoms with Crippen molar-refractivity contribution in [2.75, 3.05) is 6.61 Å². The minimum Gasteiger partial charge on any atom is -0.483 e. The van der Waals surface area contributed by atoms with Gasteiger partial charge < -0.3 is 9.47 Å². The molecule has 3 heterocycles. The molecule has 0 aliphatic carbocycles. The van der Waals surface area contributed by atoms with Crippen LogP contribution >= 0.6 is 0 Å². The van der Waals surface area contributed by atoms with Crippen molar-refractivity contribution in [2.45, 2.75) is 19.1 Å². The summed E-state index contributed by atoms with van der Waals surface area (Å²) >= 11 is 0. The average molecular weight is 328 g/mol. The molecule has 2 bridgehead atoms. The van der Waals surface area contributed by atoms with Crippen LogP contribution in [-0.2, 0) is 19.1 Å². The lowest BCUT2D eigenvalue weighted by Gasteiger charge is -2.18. The second-order valence-electron chi connectivity index (χ2n) is 6.10. The fourth-order valence-electron chi connectivity index (χ4n) is 3.43. The summed E-state index contributed by atoms with van der Waals surface area (Å²) < 4.78 is 11.0. The van der Waals surface area contributed by atoms with Crippen molar-refractivity contribution in [1.29, 1.82) is 0 Å². The third-order valence-corrected chi connectivity index (χ3v) is 4.60. The molecule has 2 fully saturated rings. The van der Waals surface area contributed by atoms with E-state index in [1.807, 2.05) is 19.1 Å². The number of nitrogens with zero attached hydrogens (tertiary/aromatic N) is 1. The molecule has 1 N–H and O–H groups in total. The van der Waals surface area contributed by atoms with E-state index in [-0.39, 0.29) is 18.8 Å². The van der Waals surface area contributed by atoms with Gasteiger partial charge in [0.05, 0.1) is 24.0 Å². The number of hydrogen-bond donors (Lipinski definition) is 1. The van der Waals surface area contributed by atoms with Gasteiger partial charge in [0.25, 0.3) is 17.7 Å². The van der Waals surface area contributed by atoms with E-state index in [1.165, 1.54) is 0 Å². The number of nitrogens with one attached hydrogen (secondary N) is 1. The smallest absolute Gasteiger partial charge is 0.276 e. The molecule has 7 nitrogen and oxygen atoms in total. The highest BCUT2D eigenvalue weighted by Crippen LogP contribution is 2.44. The number of para-hydroxylation sites is 1. The molecule has 2 saturated heterocycles. The number of rotatable bonds is 4. The Kier molecular flexibility index (Phi) is 3.38. The molecule has 0 unspecified atom stereocenters. The third kappa shape index (κ3) is 2.20. The minimum absolute atomic E-state index is 0.279. The SMILES string of the molecule is Cc1ccccc1OCC(=O)NN1C(=O)[C@H]2[C@H](C1=O)[C@H]1C=C[C@H]2O1. The van der Waals surface area contributed by atoms with Crippen molar-refractivity contribution >= 4 is 17.7 Å². The van der Waals surface area contributed by atoms with Gasteiger partial charge in [0.1, 0.15) is 5.75 Å². The van der Waals surface area contributed by atoms with Crippen LogP contribution in [0.25, 0.3) is 0 Å². The lowest BCUT2D eigenvalue weighted by atomic mass is 9.85. The molecule has 3 amide bonds. The topological polar surface area (TPSA) is 84.9 Å². The summed E-state index contributed by atoms with van der Waals surface area (Å²) in [5.74, 6) is -1.90. The number of ether oxygens (including phenoxy) is 2. The summed E-state index contributed by atoms with van der Waals surface area (Å²) in [4.78, 5) is 36.8. The number of carbonyl (C=O) groups is 3. The number of carbonyl (C=O) groups excluding carboxylic acids is 3. The van der Waals surface area contributed by atoms with Crippen LogP contribution in [0.2, 0.25) is 0 Å². The van der Waals surface area contributed by atoms with E-state index in [0.29, 0.717) is 5.75 Å². The zero-order chi connectivity index (χ0) is 16.8. The summed E-state index contributed by atoms with van der Waals surface area (Å²) in [6.45, 7) is 1.59. The van der Waals surface area contributed by atoms with E-state index in [4.69, 9.17) is 9.47 Å². The molecule has 0 aromatic heterocycles. The number of hydrazine groups is 1.